The number of aromatic nitrogens is 12. The van der Waals surface area contributed by atoms with E-state index in [-0.39, 0.29) is 52.5 Å². The molecule has 12 aromatic rings. The average molecular weight is 1660 g/mol. The lowest BCUT2D eigenvalue weighted by atomic mass is 9.94. The molecule has 6 N–H and O–H groups in total. The van der Waals surface area contributed by atoms with Crippen LogP contribution in [0.15, 0.2) is 177 Å². The first-order chi connectivity index (χ1) is 56.9. The van der Waals surface area contributed by atoms with Gasteiger partial charge < -0.3 is 30.2 Å². The summed E-state index contributed by atoms with van der Waals surface area (Å²) in [5.41, 5.74) is 10.9. The normalized spacial score (nSPS) is 17.4. The third kappa shape index (κ3) is 20.1. The number of benzene rings is 6. The number of carbonyl (C=O) groups is 3. The van der Waals surface area contributed by atoms with Crippen molar-refractivity contribution >= 4 is 58.7 Å². The van der Waals surface area contributed by atoms with Crippen LogP contribution < -0.4 is 31.9 Å². The number of ether oxygens (including phenoxy) is 3. The highest BCUT2D eigenvalue weighted by atomic mass is 35.5. The summed E-state index contributed by atoms with van der Waals surface area (Å²) in [6.45, 7) is 13.0. The molecule has 9 heterocycles. The number of anilines is 3. The molecule has 618 valence electrons. The van der Waals surface area contributed by atoms with Crippen molar-refractivity contribution < 1.29 is 50.5 Å². The predicted octanol–water partition coefficient (Wildman–Crippen LogP) is 13.5. The van der Waals surface area contributed by atoms with Crippen molar-refractivity contribution in [3.8, 4) is 50.8 Å². The minimum Gasteiger partial charge on any atom is -0.383 e. The van der Waals surface area contributed by atoms with E-state index in [0.29, 0.717) is 128 Å². The number of nitrogens with zero attached hydrogens (tertiary/aromatic N) is 15. The molecule has 6 aromatic heterocycles. The molecule has 6 atom stereocenters. The van der Waals surface area contributed by atoms with E-state index in [4.69, 9.17) is 52.7 Å². The Bertz CT molecular complexity index is 5470. The Morgan fingerprint density at radius 3 is 1.19 bits per heavy atom. The molecule has 27 nitrogen and oxygen atoms in total. The molecule has 0 spiro atoms. The third-order valence-electron chi connectivity index (χ3n) is 21.1. The quantitative estimate of drug-likeness (QED) is 0.0307. The molecule has 3 aliphatic heterocycles. The van der Waals surface area contributed by atoms with E-state index in [1.807, 2.05) is 95.9 Å². The van der Waals surface area contributed by atoms with Crippen LogP contribution >= 0.6 is 23.2 Å². The summed E-state index contributed by atoms with van der Waals surface area (Å²) in [6, 6.07) is 35.4. The zero-order valence-corrected chi connectivity index (χ0v) is 68.0. The maximum absolute atomic E-state index is 14.8. The van der Waals surface area contributed by atoms with Gasteiger partial charge in [0.15, 0.2) is 0 Å². The molecule has 0 bridgehead atoms. The van der Waals surface area contributed by atoms with Gasteiger partial charge in [0.2, 0.25) is 0 Å². The van der Waals surface area contributed by atoms with E-state index in [0.717, 1.165) is 63.8 Å². The van der Waals surface area contributed by atoms with Gasteiger partial charge in [0.25, 0.3) is 0 Å². The molecular formula is C84H92Cl2F5N21O6. The molecule has 3 aliphatic rings. The highest BCUT2D eigenvalue weighted by Crippen LogP contribution is 2.38. The Kier molecular flexibility index (Phi) is 27.3. The Balaban J connectivity index is 0.000000153. The molecule has 34 heteroatoms. The molecule has 0 aliphatic carbocycles. The fourth-order valence-electron chi connectivity index (χ4n) is 15.2. The molecule has 15 rings (SSSR count). The van der Waals surface area contributed by atoms with Crippen LogP contribution in [-0.2, 0) is 35.4 Å². The SMILES string of the molecule is COCCN1C[C@@H](NC(=O)Nc2c(C)c(-c3cnn(C)c3)nn2-c2ccc(F)c(Cl)c2)[C@H](c2ccc(F)cc2)C1.COCCN1C[C@@H](NC(=O)Nc2c(C)c(-c3cnn(C)c3)nn2-c2cccc(Cl)c2)[C@H](c2ccc(F)cc2)C1.COCCN1C[C@@H](NC(=O)Nc2c(C)c(-c3cnn(C)c3)nn2-c2ccccc2)[C@H](c2ccc(F)cc2F)C1. The fourth-order valence-corrected chi connectivity index (χ4v) is 15.5. The molecule has 6 aromatic carbocycles. The van der Waals surface area contributed by atoms with E-state index < -0.39 is 35.6 Å². The number of halogens is 7. The third-order valence-corrected chi connectivity index (χ3v) is 21.7. The van der Waals surface area contributed by atoms with Gasteiger partial charge in [0.05, 0.1) is 78.6 Å². The van der Waals surface area contributed by atoms with Crippen LogP contribution in [0.3, 0.4) is 0 Å². The zero-order valence-electron chi connectivity index (χ0n) is 66.5. The highest BCUT2D eigenvalue weighted by Gasteiger charge is 2.39. The number of rotatable bonds is 24. The smallest absolute Gasteiger partial charge is 0.320 e. The number of hydrogen-bond acceptors (Lipinski definition) is 15. The average Bonchev–Trinajstić information content (AvgIpc) is 1.63. The Labute approximate surface area is 688 Å². The topological polar surface area (TPSA) is 268 Å². The van der Waals surface area contributed by atoms with E-state index in [9.17, 15) is 36.3 Å². The van der Waals surface area contributed by atoms with E-state index in [1.54, 1.807) is 113 Å². The summed E-state index contributed by atoms with van der Waals surface area (Å²) in [4.78, 5) is 46.9. The summed E-state index contributed by atoms with van der Waals surface area (Å²) in [5.74, 6) is -1.38. The number of urea groups is 3. The first-order valence-corrected chi connectivity index (χ1v) is 39.0. The lowest BCUT2D eigenvalue weighted by Gasteiger charge is -2.21. The van der Waals surface area contributed by atoms with Crippen LogP contribution in [0.1, 0.15) is 51.1 Å². The van der Waals surface area contributed by atoms with E-state index in [2.05, 4.69) is 61.9 Å². The van der Waals surface area contributed by atoms with E-state index in [1.165, 1.54) is 53.2 Å². The van der Waals surface area contributed by atoms with Crippen molar-refractivity contribution in [3.05, 3.63) is 249 Å². The number of nitrogens with one attached hydrogen (secondary N) is 6. The second-order valence-electron chi connectivity index (χ2n) is 29.3. The van der Waals surface area contributed by atoms with Crippen molar-refractivity contribution in [3.63, 3.8) is 0 Å². The number of para-hydroxylation sites is 1. The molecule has 0 saturated carbocycles. The summed E-state index contributed by atoms with van der Waals surface area (Å²) in [6.07, 6.45) is 10.7. The van der Waals surface area contributed by atoms with Crippen LogP contribution in [0.25, 0.3) is 50.8 Å². The summed E-state index contributed by atoms with van der Waals surface area (Å²) in [7, 11) is 10.4. The van der Waals surface area contributed by atoms with Crippen molar-refractivity contribution in [2.75, 3.05) is 116 Å². The molecular weight excluding hydrogens is 1560 g/mol. The molecule has 3 fully saturated rings. The molecule has 3 saturated heterocycles. The van der Waals surface area contributed by atoms with Gasteiger partial charge in [-0.25, -0.2) is 50.4 Å². The van der Waals surface area contributed by atoms with Gasteiger partial charge in [-0.2, -0.15) is 30.6 Å². The van der Waals surface area contributed by atoms with Gasteiger partial charge in [0.1, 0.15) is 63.6 Å². The van der Waals surface area contributed by atoms with Crippen LogP contribution in [0, 0.1) is 49.9 Å². The number of aryl methyl sites for hydroxylation is 3. The number of carbonyl (C=O) groups excluding carboxylic acids is 3. The van der Waals surface area contributed by atoms with Gasteiger partial charge in [-0.3, -0.25) is 44.7 Å². The zero-order chi connectivity index (χ0) is 83.4. The largest absolute Gasteiger partial charge is 0.383 e. The van der Waals surface area contributed by atoms with Crippen molar-refractivity contribution in [1.82, 2.24) is 89.3 Å². The van der Waals surface area contributed by atoms with Crippen molar-refractivity contribution in [2.24, 2.45) is 21.1 Å². The predicted molar refractivity (Wildman–Crippen MR) is 442 cm³/mol. The summed E-state index contributed by atoms with van der Waals surface area (Å²) in [5, 5.41) is 45.8. The van der Waals surface area contributed by atoms with Crippen LogP contribution in [-0.4, -0.2) is 210 Å². The fraction of sp³-hybridized carbons (Fsp3) is 0.321. The first-order valence-electron chi connectivity index (χ1n) is 38.2. The van der Waals surface area contributed by atoms with Crippen LogP contribution in [0.4, 0.5) is 53.8 Å². The first kappa shape index (κ1) is 84.3. The Morgan fingerprint density at radius 1 is 0.424 bits per heavy atom. The van der Waals surface area contributed by atoms with Crippen molar-refractivity contribution in [1.29, 1.82) is 0 Å². The Morgan fingerprint density at radius 2 is 0.805 bits per heavy atom. The van der Waals surface area contributed by atoms with Crippen LogP contribution in [0.2, 0.25) is 10.0 Å². The standard InChI is InChI=1S/C28H30ClF2N7O2.C28H31ClFN7O2.C28H31F2N7O2/c1-17-26(19-13-32-36(2)14-19)35-38(21-8-9-24(31)23(29)12-21)27(17)34-28(39)33-25-16-37(10-11-40-3)15-22(25)18-4-6-20(30)7-5-18;1-18-26(20-14-31-35(2)15-20)34-37(23-6-4-5-21(29)13-23)27(18)33-28(38)32-25-17-36(11-12-39-3)16-24(25)19-7-9-22(30)10-8-19;1-18-26(19-14-31-35(2)15-19)34-37(21-7-5-4-6-8-21)27(18)33-28(38)32-25-17-36(11-12-39-3)16-23(25)22-10-9-20(29)13-24(22)30/h4-9,12-14,22,25H,10-11,15-16H2,1-3H3,(H2,33,34,39);4-10,13-15,24-25H,11-12,16-17H2,1-3H3,(H2,32,33,38);4-10,13-15,23,25H,11-12,16-17H2,1-3H3,(H2,32,33,38)/t22-,25+;24-,25+;23-,25+/m000/s1. The molecule has 6 amide bonds. The molecule has 0 radical (unpaired) electrons. The van der Waals surface area contributed by atoms with Crippen LogP contribution in [0.5, 0.6) is 0 Å². The van der Waals surface area contributed by atoms with Crippen molar-refractivity contribution in [2.45, 2.75) is 56.7 Å². The van der Waals surface area contributed by atoms with Gasteiger partial charge in [-0.05, 0) is 116 Å². The minimum atomic E-state index is -0.637. The number of amides is 6. The lowest BCUT2D eigenvalue weighted by Crippen LogP contribution is -2.42. The number of hydrogen-bond donors (Lipinski definition) is 6. The maximum Gasteiger partial charge on any atom is 0.320 e. The second-order valence-corrected chi connectivity index (χ2v) is 30.1. The number of likely N-dealkylation sites (tertiary alicyclic amines) is 3. The highest BCUT2D eigenvalue weighted by molar-refractivity contribution is 6.31. The second kappa shape index (κ2) is 38.2. The molecule has 0 unspecified atom stereocenters. The summed E-state index contributed by atoms with van der Waals surface area (Å²) < 4.78 is 95.2. The lowest BCUT2D eigenvalue weighted by molar-refractivity contribution is 0.159. The van der Waals surface area contributed by atoms with E-state index >= 15 is 0 Å². The van der Waals surface area contributed by atoms with Gasteiger partial charge >= 0.3 is 18.1 Å². The molecule has 118 heavy (non-hydrogen) atoms. The Hall–Kier alpha value is -11.6. The monoisotopic (exact) mass is 1660 g/mol. The van der Waals surface area contributed by atoms with Gasteiger partial charge in [-0.1, -0.05) is 77.8 Å². The number of methoxy groups -OCH3 is 3. The van der Waals surface area contributed by atoms with Gasteiger partial charge in [-0.15, -0.1) is 0 Å². The minimum absolute atomic E-state index is 0.00176. The van der Waals surface area contributed by atoms with Gasteiger partial charge in [0, 0.05) is 182 Å². The summed E-state index contributed by atoms with van der Waals surface area (Å²) >= 11 is 12.3. The maximum atomic E-state index is 14.8.